The van der Waals surface area contributed by atoms with Crippen molar-refractivity contribution in [2.75, 3.05) is 5.32 Å². The van der Waals surface area contributed by atoms with Crippen LogP contribution in [-0.2, 0) is 4.79 Å². The molecule has 0 atom stereocenters. The third kappa shape index (κ3) is 2.85. The second-order valence-corrected chi connectivity index (χ2v) is 4.20. The lowest BCUT2D eigenvalue weighted by Gasteiger charge is -2.06. The van der Waals surface area contributed by atoms with Gasteiger partial charge in [-0.05, 0) is 15.9 Å². The van der Waals surface area contributed by atoms with E-state index in [1.807, 2.05) is 5.32 Å². The Kier molecular flexibility index (Phi) is 4.29. The minimum absolute atomic E-state index is 0.530. The summed E-state index contributed by atoms with van der Waals surface area (Å²) < 4.78 is -0.568. The lowest BCUT2D eigenvalue weighted by Crippen LogP contribution is -2.11. The van der Waals surface area contributed by atoms with Gasteiger partial charge in [0.2, 0.25) is 11.6 Å². The van der Waals surface area contributed by atoms with Gasteiger partial charge in [0.15, 0.2) is 4.47 Å². The van der Waals surface area contributed by atoms with E-state index in [0.29, 0.717) is 6.07 Å². The van der Waals surface area contributed by atoms with Crippen molar-refractivity contribution in [2.45, 2.75) is 6.92 Å². The van der Waals surface area contributed by atoms with Gasteiger partial charge in [0.25, 0.3) is 5.69 Å². The number of carbonyl (C=O) groups is 1. The summed E-state index contributed by atoms with van der Waals surface area (Å²) >= 11 is 2.65. The normalized spacial score (nSPS) is 9.90. The number of carbonyl (C=O) groups excluding carboxylic acids is 1. The molecule has 0 aliphatic heterocycles. The molecular formula is C8H5BrN4O7. The van der Waals surface area contributed by atoms with Crippen molar-refractivity contribution in [1.82, 2.24) is 0 Å². The van der Waals surface area contributed by atoms with Gasteiger partial charge in [0, 0.05) is 6.92 Å². The molecule has 12 heteroatoms. The Morgan fingerprint density at radius 3 is 1.95 bits per heavy atom. The molecule has 1 aromatic rings. The molecule has 0 spiro atoms. The van der Waals surface area contributed by atoms with Gasteiger partial charge in [-0.3, -0.25) is 35.1 Å². The Bertz CT molecular complexity index is 644. The molecule has 0 fully saturated rings. The molecule has 0 heterocycles. The van der Waals surface area contributed by atoms with E-state index in [9.17, 15) is 35.1 Å². The van der Waals surface area contributed by atoms with E-state index in [4.69, 9.17) is 0 Å². The van der Waals surface area contributed by atoms with Crippen molar-refractivity contribution >= 4 is 44.6 Å². The van der Waals surface area contributed by atoms with E-state index in [1.54, 1.807) is 0 Å². The first-order chi connectivity index (χ1) is 9.16. The predicted octanol–water partition coefficient (Wildman–Crippen LogP) is 2.13. The van der Waals surface area contributed by atoms with Gasteiger partial charge in [-0.2, -0.15) is 0 Å². The van der Waals surface area contributed by atoms with Gasteiger partial charge in [-0.25, -0.2) is 0 Å². The van der Waals surface area contributed by atoms with E-state index in [0.717, 1.165) is 6.92 Å². The quantitative estimate of drug-likeness (QED) is 0.644. The monoisotopic (exact) mass is 348 g/mol. The number of nitrogens with one attached hydrogen (secondary N) is 1. The SMILES string of the molecule is CC(=O)Nc1c([N+](=O)[O-])cc([N+](=O)[O-])c(Br)c1[N+](=O)[O-]. The standard InChI is InChI=1S/C8H5BrN4O7/c1-3(14)10-7-5(12(17)18)2-4(11(15)16)6(9)8(7)13(19)20/h2H,1H3,(H,10,14). The zero-order chi connectivity index (χ0) is 15.6. The number of amides is 1. The summed E-state index contributed by atoms with van der Waals surface area (Å²) in [5, 5.41) is 34.5. The van der Waals surface area contributed by atoms with E-state index < -0.39 is 47.9 Å². The Morgan fingerprint density at radius 2 is 1.60 bits per heavy atom. The molecule has 20 heavy (non-hydrogen) atoms. The second kappa shape index (κ2) is 5.56. The largest absolute Gasteiger partial charge is 0.320 e. The zero-order valence-electron chi connectivity index (χ0n) is 9.65. The van der Waals surface area contributed by atoms with Crippen LogP contribution in [0.25, 0.3) is 0 Å². The van der Waals surface area contributed by atoms with Crippen LogP contribution in [0.4, 0.5) is 22.7 Å². The highest BCUT2D eigenvalue weighted by Gasteiger charge is 2.36. The fraction of sp³-hybridized carbons (Fsp3) is 0.125. The molecule has 0 aromatic heterocycles. The summed E-state index contributed by atoms with van der Waals surface area (Å²) in [6.07, 6.45) is 0. The lowest BCUT2D eigenvalue weighted by atomic mass is 10.2. The minimum Gasteiger partial charge on any atom is -0.315 e. The Balaban J connectivity index is 3.82. The van der Waals surface area contributed by atoms with E-state index in [1.165, 1.54) is 0 Å². The molecule has 1 N–H and O–H groups in total. The first-order valence-electron chi connectivity index (χ1n) is 4.74. The first kappa shape index (κ1) is 15.4. The Morgan fingerprint density at radius 1 is 1.10 bits per heavy atom. The van der Waals surface area contributed by atoms with Gasteiger partial charge in [-0.15, -0.1) is 0 Å². The van der Waals surface area contributed by atoms with Crippen molar-refractivity contribution in [3.63, 3.8) is 0 Å². The summed E-state index contributed by atoms with van der Waals surface area (Å²) in [6.45, 7) is 0.989. The van der Waals surface area contributed by atoms with Gasteiger partial charge in [0.05, 0.1) is 20.8 Å². The maximum atomic E-state index is 11.0. The molecule has 0 aliphatic rings. The number of nitro benzene ring substituents is 3. The van der Waals surface area contributed by atoms with E-state index in [2.05, 4.69) is 15.9 Å². The lowest BCUT2D eigenvalue weighted by molar-refractivity contribution is -0.403. The van der Waals surface area contributed by atoms with E-state index >= 15 is 0 Å². The van der Waals surface area contributed by atoms with Crippen molar-refractivity contribution in [2.24, 2.45) is 0 Å². The molecule has 0 bridgehead atoms. The summed E-state index contributed by atoms with van der Waals surface area (Å²) in [5.41, 5.74) is -3.47. The average molecular weight is 349 g/mol. The van der Waals surface area contributed by atoms with Crippen LogP contribution < -0.4 is 5.32 Å². The summed E-state index contributed by atoms with van der Waals surface area (Å²) in [5.74, 6) is -0.794. The summed E-state index contributed by atoms with van der Waals surface area (Å²) in [4.78, 5) is 40.4. The van der Waals surface area contributed by atoms with Crippen LogP contribution in [0, 0.1) is 30.3 Å². The zero-order valence-corrected chi connectivity index (χ0v) is 11.2. The number of nitro groups is 3. The van der Waals surface area contributed by atoms with Gasteiger partial charge < -0.3 is 5.32 Å². The second-order valence-electron chi connectivity index (χ2n) is 3.40. The van der Waals surface area contributed by atoms with Crippen molar-refractivity contribution < 1.29 is 19.6 Å². The molecule has 0 aliphatic carbocycles. The van der Waals surface area contributed by atoms with Crippen molar-refractivity contribution in [1.29, 1.82) is 0 Å². The average Bonchev–Trinajstić information content (AvgIpc) is 2.26. The molecule has 0 saturated carbocycles. The summed E-state index contributed by atoms with van der Waals surface area (Å²) in [7, 11) is 0. The molecule has 1 aromatic carbocycles. The van der Waals surface area contributed by atoms with Crippen LogP contribution >= 0.6 is 15.9 Å². The van der Waals surface area contributed by atoms with E-state index in [-0.39, 0.29) is 0 Å². The number of anilines is 1. The molecule has 0 radical (unpaired) electrons. The van der Waals surface area contributed by atoms with Crippen LogP contribution in [-0.4, -0.2) is 20.7 Å². The smallest absolute Gasteiger partial charge is 0.315 e. The highest BCUT2D eigenvalue weighted by molar-refractivity contribution is 9.10. The molecule has 1 amide bonds. The highest BCUT2D eigenvalue weighted by atomic mass is 79.9. The summed E-state index contributed by atoms with van der Waals surface area (Å²) in [6, 6.07) is 0.530. The van der Waals surface area contributed by atoms with Gasteiger partial charge in [0.1, 0.15) is 0 Å². The molecule has 0 saturated heterocycles. The predicted molar refractivity (Wildman–Crippen MR) is 68.4 cm³/mol. The van der Waals surface area contributed by atoms with Gasteiger partial charge in [-0.1, -0.05) is 0 Å². The molecule has 0 unspecified atom stereocenters. The minimum atomic E-state index is -1.06. The third-order valence-electron chi connectivity index (χ3n) is 2.08. The molecule has 106 valence electrons. The maximum absolute atomic E-state index is 11.0. The number of benzene rings is 1. The highest BCUT2D eigenvalue weighted by Crippen LogP contribution is 2.45. The first-order valence-corrected chi connectivity index (χ1v) is 5.53. The topological polar surface area (TPSA) is 159 Å². The van der Waals surface area contributed by atoms with Crippen LogP contribution in [0.5, 0.6) is 0 Å². The fourth-order valence-corrected chi connectivity index (χ4v) is 1.97. The number of halogens is 1. The van der Waals surface area contributed by atoms with Crippen molar-refractivity contribution in [3.8, 4) is 0 Å². The van der Waals surface area contributed by atoms with Crippen LogP contribution in [0.2, 0.25) is 0 Å². The number of rotatable bonds is 4. The Labute approximate surface area is 118 Å². The van der Waals surface area contributed by atoms with Crippen LogP contribution in [0.15, 0.2) is 10.5 Å². The number of hydrogen-bond donors (Lipinski definition) is 1. The molecular weight excluding hydrogens is 344 g/mol. The third-order valence-corrected chi connectivity index (χ3v) is 2.86. The number of hydrogen-bond acceptors (Lipinski definition) is 7. The molecule has 11 nitrogen and oxygen atoms in total. The Hall–Kier alpha value is -2.63. The van der Waals surface area contributed by atoms with Crippen LogP contribution in [0.1, 0.15) is 6.92 Å². The maximum Gasteiger partial charge on any atom is 0.320 e. The molecule has 1 rings (SSSR count). The van der Waals surface area contributed by atoms with Gasteiger partial charge >= 0.3 is 11.4 Å². The van der Waals surface area contributed by atoms with Crippen molar-refractivity contribution in [3.05, 3.63) is 40.9 Å². The van der Waals surface area contributed by atoms with Crippen LogP contribution in [0.3, 0.4) is 0 Å². The number of nitrogens with zero attached hydrogens (tertiary/aromatic N) is 3. The fourth-order valence-electron chi connectivity index (χ4n) is 1.36.